The van der Waals surface area contributed by atoms with Crippen molar-refractivity contribution in [1.82, 2.24) is 35.4 Å². The Hall–Kier alpha value is -4.19. The molecule has 0 amide bonds. The number of carboxylic acids is 1. The van der Waals surface area contributed by atoms with Gasteiger partial charge in [-0.25, -0.2) is 9.37 Å². The van der Waals surface area contributed by atoms with E-state index < -0.39 is 17.8 Å². The van der Waals surface area contributed by atoms with E-state index in [1.54, 1.807) is 30.5 Å². The fraction of sp³-hybridized carbons (Fsp3) is 0.200. The number of tetrazole rings is 1. The molecule has 0 radical (unpaired) electrons. The quantitative estimate of drug-likeness (QED) is 0.375. The number of halogens is 1. The average Bonchev–Trinajstić information content (AvgIpc) is 3.41. The van der Waals surface area contributed by atoms with Crippen molar-refractivity contribution in [2.75, 3.05) is 0 Å². The van der Waals surface area contributed by atoms with E-state index >= 15 is 0 Å². The standard InChI is InChI=1S/C20H19FN8O3/c1-11-6-14(32-20-16(21)7-12(9-23-20)17-4-5-24-25-17)2-3-15(11)19-26-28-29(27-19)10-13(22)8-18(30)31/h2-7,9,13H,8,10,22H2,1H3,(H,24,25)(H,30,31)/t13-/m0/s1. The lowest BCUT2D eigenvalue weighted by Crippen LogP contribution is -2.30. The molecule has 32 heavy (non-hydrogen) atoms. The molecule has 0 saturated carbocycles. The molecule has 0 aliphatic heterocycles. The maximum atomic E-state index is 14.5. The number of hydrogen-bond donors (Lipinski definition) is 3. The fourth-order valence-electron chi connectivity index (χ4n) is 3.05. The van der Waals surface area contributed by atoms with Crippen LogP contribution in [0.15, 0.2) is 42.7 Å². The minimum absolute atomic E-state index is 0.124. The van der Waals surface area contributed by atoms with E-state index in [1.807, 2.05) is 6.92 Å². The highest BCUT2D eigenvalue weighted by Gasteiger charge is 2.15. The van der Waals surface area contributed by atoms with Gasteiger partial charge in [0.05, 0.1) is 18.7 Å². The predicted octanol–water partition coefficient (Wildman–Crippen LogP) is 2.17. The zero-order chi connectivity index (χ0) is 22.7. The van der Waals surface area contributed by atoms with Crippen LogP contribution >= 0.6 is 0 Å². The number of rotatable bonds is 8. The van der Waals surface area contributed by atoms with Gasteiger partial charge in [0.25, 0.3) is 5.88 Å². The highest BCUT2D eigenvalue weighted by molar-refractivity contribution is 5.67. The third-order valence-electron chi connectivity index (χ3n) is 4.56. The lowest BCUT2D eigenvalue weighted by molar-refractivity contribution is -0.137. The minimum atomic E-state index is -0.994. The van der Waals surface area contributed by atoms with Crippen LogP contribution < -0.4 is 10.5 Å². The molecule has 3 aromatic heterocycles. The van der Waals surface area contributed by atoms with Crippen molar-refractivity contribution in [2.24, 2.45) is 5.73 Å². The second kappa shape index (κ2) is 8.89. The van der Waals surface area contributed by atoms with E-state index in [2.05, 4.69) is 30.6 Å². The van der Waals surface area contributed by atoms with Gasteiger partial charge in [-0.05, 0) is 48.0 Å². The molecule has 1 atom stereocenters. The Balaban J connectivity index is 1.48. The van der Waals surface area contributed by atoms with Crippen LogP contribution in [-0.2, 0) is 11.3 Å². The number of pyridine rings is 1. The molecule has 0 unspecified atom stereocenters. The van der Waals surface area contributed by atoms with Gasteiger partial charge in [0.1, 0.15) is 5.75 Å². The van der Waals surface area contributed by atoms with E-state index in [4.69, 9.17) is 15.6 Å². The Bertz CT molecular complexity index is 1240. The zero-order valence-electron chi connectivity index (χ0n) is 16.9. The van der Waals surface area contributed by atoms with Crippen LogP contribution in [0.4, 0.5) is 4.39 Å². The second-order valence-electron chi connectivity index (χ2n) is 7.09. The van der Waals surface area contributed by atoms with Crippen LogP contribution in [-0.4, -0.2) is 52.5 Å². The maximum absolute atomic E-state index is 14.5. The molecule has 0 saturated heterocycles. The molecule has 4 rings (SSSR count). The summed E-state index contributed by atoms with van der Waals surface area (Å²) in [5, 5.41) is 27.5. The van der Waals surface area contributed by atoms with Gasteiger partial charge in [-0.2, -0.15) is 9.90 Å². The number of aromatic nitrogens is 7. The lowest BCUT2D eigenvalue weighted by Gasteiger charge is -2.09. The Kier molecular flexibility index (Phi) is 5.85. The zero-order valence-corrected chi connectivity index (χ0v) is 16.9. The Morgan fingerprint density at radius 1 is 1.34 bits per heavy atom. The van der Waals surface area contributed by atoms with Gasteiger partial charge in [-0.15, -0.1) is 10.2 Å². The largest absolute Gasteiger partial charge is 0.481 e. The number of aryl methyl sites for hydroxylation is 1. The molecule has 0 aliphatic carbocycles. The van der Waals surface area contributed by atoms with Crippen molar-refractivity contribution >= 4 is 5.97 Å². The Labute approximate surface area is 181 Å². The SMILES string of the molecule is Cc1cc(Oc2ncc(-c3ccn[nH]3)cc2F)ccc1-c1nnn(C[C@@H](N)CC(=O)O)n1. The molecular weight excluding hydrogens is 419 g/mol. The van der Waals surface area contributed by atoms with E-state index in [9.17, 15) is 9.18 Å². The summed E-state index contributed by atoms with van der Waals surface area (Å²) < 4.78 is 20.1. The number of benzene rings is 1. The van der Waals surface area contributed by atoms with Gasteiger partial charge in [-0.3, -0.25) is 9.89 Å². The molecule has 0 aliphatic rings. The average molecular weight is 438 g/mol. The van der Waals surface area contributed by atoms with Gasteiger partial charge in [-0.1, -0.05) is 0 Å². The summed E-state index contributed by atoms with van der Waals surface area (Å²) in [6, 6.07) is 7.46. The van der Waals surface area contributed by atoms with Crippen molar-refractivity contribution in [3.8, 4) is 34.3 Å². The van der Waals surface area contributed by atoms with Gasteiger partial charge in [0.2, 0.25) is 5.82 Å². The Morgan fingerprint density at radius 2 is 2.19 bits per heavy atom. The predicted molar refractivity (Wildman–Crippen MR) is 110 cm³/mol. The molecule has 164 valence electrons. The number of carbonyl (C=O) groups is 1. The molecule has 0 fully saturated rings. The van der Waals surface area contributed by atoms with Crippen LogP contribution in [0.5, 0.6) is 11.6 Å². The normalized spacial score (nSPS) is 12.0. The number of ether oxygens (including phenoxy) is 1. The highest BCUT2D eigenvalue weighted by Crippen LogP contribution is 2.29. The number of nitrogens with one attached hydrogen (secondary N) is 1. The third-order valence-corrected chi connectivity index (χ3v) is 4.56. The summed E-state index contributed by atoms with van der Waals surface area (Å²) in [5.74, 6) is -1.02. The van der Waals surface area contributed by atoms with Crippen LogP contribution in [0.2, 0.25) is 0 Å². The monoisotopic (exact) mass is 438 g/mol. The van der Waals surface area contributed by atoms with Crippen molar-refractivity contribution < 1.29 is 19.0 Å². The molecule has 4 aromatic rings. The van der Waals surface area contributed by atoms with Crippen molar-refractivity contribution in [3.05, 3.63) is 54.1 Å². The first-order valence-electron chi connectivity index (χ1n) is 9.58. The number of nitrogens with two attached hydrogens (primary N) is 1. The molecule has 12 heteroatoms. The van der Waals surface area contributed by atoms with Crippen LogP contribution in [0, 0.1) is 12.7 Å². The highest BCUT2D eigenvalue weighted by atomic mass is 19.1. The van der Waals surface area contributed by atoms with E-state index in [0.717, 1.165) is 5.56 Å². The first-order chi connectivity index (χ1) is 15.4. The summed E-state index contributed by atoms with van der Waals surface area (Å²) in [6.45, 7) is 1.95. The van der Waals surface area contributed by atoms with E-state index in [-0.39, 0.29) is 18.8 Å². The molecular formula is C20H19FN8O3. The van der Waals surface area contributed by atoms with Gasteiger partial charge in [0, 0.05) is 29.6 Å². The summed E-state index contributed by atoms with van der Waals surface area (Å²) in [6.07, 6.45) is 2.86. The van der Waals surface area contributed by atoms with E-state index in [1.165, 1.54) is 17.1 Å². The first-order valence-corrected chi connectivity index (χ1v) is 9.58. The number of hydrogen-bond acceptors (Lipinski definition) is 8. The molecule has 4 N–H and O–H groups in total. The Morgan fingerprint density at radius 3 is 2.88 bits per heavy atom. The lowest BCUT2D eigenvalue weighted by atomic mass is 10.1. The smallest absolute Gasteiger partial charge is 0.304 e. The van der Waals surface area contributed by atoms with Crippen molar-refractivity contribution in [2.45, 2.75) is 25.9 Å². The van der Waals surface area contributed by atoms with Crippen LogP contribution in [0.1, 0.15) is 12.0 Å². The summed E-state index contributed by atoms with van der Waals surface area (Å²) >= 11 is 0. The van der Waals surface area contributed by atoms with Gasteiger partial charge < -0.3 is 15.6 Å². The number of nitrogens with zero attached hydrogens (tertiary/aromatic N) is 6. The maximum Gasteiger partial charge on any atom is 0.304 e. The van der Waals surface area contributed by atoms with Crippen LogP contribution in [0.25, 0.3) is 22.6 Å². The van der Waals surface area contributed by atoms with Crippen molar-refractivity contribution in [1.29, 1.82) is 0 Å². The third kappa shape index (κ3) is 4.75. The van der Waals surface area contributed by atoms with Gasteiger partial charge >= 0.3 is 5.97 Å². The first kappa shape index (κ1) is 21.1. The molecule has 0 bridgehead atoms. The topological polar surface area (TPSA) is 158 Å². The van der Waals surface area contributed by atoms with Crippen molar-refractivity contribution in [3.63, 3.8) is 0 Å². The molecule has 11 nitrogen and oxygen atoms in total. The van der Waals surface area contributed by atoms with E-state index in [0.29, 0.717) is 28.4 Å². The molecule has 1 aromatic carbocycles. The summed E-state index contributed by atoms with van der Waals surface area (Å²) in [5.41, 5.74) is 8.42. The van der Waals surface area contributed by atoms with Crippen LogP contribution in [0.3, 0.4) is 0 Å². The molecule has 3 heterocycles. The fourth-order valence-corrected chi connectivity index (χ4v) is 3.05. The second-order valence-corrected chi connectivity index (χ2v) is 7.09. The molecule has 0 spiro atoms. The minimum Gasteiger partial charge on any atom is -0.481 e. The number of carboxylic acid groups (broad SMARTS) is 1. The summed E-state index contributed by atoms with van der Waals surface area (Å²) in [7, 11) is 0. The number of aliphatic carboxylic acids is 1. The number of aromatic amines is 1. The summed E-state index contributed by atoms with van der Waals surface area (Å²) in [4.78, 5) is 16.0. The number of H-pyrrole nitrogens is 1. The van der Waals surface area contributed by atoms with Gasteiger partial charge in [0.15, 0.2) is 5.82 Å².